The summed E-state index contributed by atoms with van der Waals surface area (Å²) in [5.41, 5.74) is -0.345. The number of aromatic carboxylic acids is 1. The van der Waals surface area contributed by atoms with E-state index in [9.17, 15) is 27.2 Å². The maximum absolute atomic E-state index is 12.9. The number of alkyl halides is 3. The topological polar surface area (TPSA) is 70.5 Å². The number of hydrogen-bond acceptors (Lipinski definition) is 3. The molecule has 1 amide bonds. The number of carboxylic acid groups (broad SMARTS) is 1. The fraction of sp³-hybridized carbons (Fsp3) is 0.133. The van der Waals surface area contributed by atoms with Gasteiger partial charge in [0.1, 0.15) is 11.5 Å². The zero-order valence-corrected chi connectivity index (χ0v) is 11.9. The summed E-state index contributed by atoms with van der Waals surface area (Å²) >= 11 is 0. The van der Waals surface area contributed by atoms with Crippen molar-refractivity contribution >= 4 is 17.6 Å². The van der Waals surface area contributed by atoms with Gasteiger partial charge in [-0.05, 0) is 29.8 Å². The van der Waals surface area contributed by atoms with Crippen LogP contribution < -0.4 is 4.90 Å². The van der Waals surface area contributed by atoms with Gasteiger partial charge < -0.3 is 5.11 Å². The summed E-state index contributed by atoms with van der Waals surface area (Å²) in [6.45, 7) is -0.479. The summed E-state index contributed by atoms with van der Waals surface area (Å²) < 4.78 is 51.3. The fourth-order valence-electron chi connectivity index (χ4n) is 1.88. The summed E-state index contributed by atoms with van der Waals surface area (Å²) in [5, 5.41) is 8.76. The quantitative estimate of drug-likeness (QED) is 0.867. The lowest BCUT2D eigenvalue weighted by molar-refractivity contribution is -0.170. The molecule has 1 aromatic carbocycles. The molecular weight excluding hydrogens is 332 g/mol. The number of pyridine rings is 1. The van der Waals surface area contributed by atoms with Crippen molar-refractivity contribution in [1.29, 1.82) is 0 Å². The average Bonchev–Trinajstić information content (AvgIpc) is 2.53. The highest BCUT2D eigenvalue weighted by Gasteiger charge is 2.43. The van der Waals surface area contributed by atoms with Gasteiger partial charge in [-0.3, -0.25) is 9.69 Å². The number of carbonyl (C=O) groups excluding carboxylic acids is 1. The Morgan fingerprint density at radius 1 is 1.08 bits per heavy atom. The molecule has 9 heteroatoms. The third kappa shape index (κ3) is 4.06. The lowest BCUT2D eigenvalue weighted by atomic mass is 10.2. The number of benzene rings is 1. The third-order valence-corrected chi connectivity index (χ3v) is 3.02. The van der Waals surface area contributed by atoms with Gasteiger partial charge in [-0.15, -0.1) is 0 Å². The molecule has 1 N–H and O–H groups in total. The minimum atomic E-state index is -5.13. The van der Waals surface area contributed by atoms with Crippen LogP contribution in [0.3, 0.4) is 0 Å². The second-order valence-electron chi connectivity index (χ2n) is 4.72. The summed E-state index contributed by atoms with van der Waals surface area (Å²) in [6.07, 6.45) is -4.28. The van der Waals surface area contributed by atoms with E-state index in [0.29, 0.717) is 4.90 Å². The molecule has 5 nitrogen and oxygen atoms in total. The molecule has 0 unspecified atom stereocenters. The Bertz CT molecular complexity index is 743. The van der Waals surface area contributed by atoms with E-state index in [1.165, 1.54) is 12.1 Å². The van der Waals surface area contributed by atoms with Crippen molar-refractivity contribution in [1.82, 2.24) is 4.98 Å². The zero-order valence-electron chi connectivity index (χ0n) is 11.9. The first-order valence-electron chi connectivity index (χ1n) is 6.51. The van der Waals surface area contributed by atoms with Gasteiger partial charge in [0.25, 0.3) is 0 Å². The van der Waals surface area contributed by atoms with Gasteiger partial charge in [0.2, 0.25) is 0 Å². The molecule has 0 saturated heterocycles. The Hall–Kier alpha value is -2.97. The second-order valence-corrected chi connectivity index (χ2v) is 4.72. The van der Waals surface area contributed by atoms with Crippen LogP contribution in [0, 0.1) is 5.82 Å². The predicted octanol–water partition coefficient (Wildman–Crippen LogP) is 3.01. The number of nitrogens with zero attached hydrogens (tertiary/aromatic N) is 2. The van der Waals surface area contributed by atoms with E-state index in [0.717, 1.165) is 30.5 Å². The molecule has 2 rings (SSSR count). The summed E-state index contributed by atoms with van der Waals surface area (Å²) in [4.78, 5) is 26.3. The first-order valence-corrected chi connectivity index (χ1v) is 6.51. The van der Waals surface area contributed by atoms with Crippen molar-refractivity contribution in [2.45, 2.75) is 12.7 Å². The summed E-state index contributed by atoms with van der Waals surface area (Å²) in [7, 11) is 0. The number of anilines is 1. The number of hydrogen-bond donors (Lipinski definition) is 1. The van der Waals surface area contributed by atoms with E-state index in [-0.39, 0.29) is 16.9 Å². The standard InChI is InChI=1S/C15H10F4N2O3/c16-10-3-1-9(2-4-10)8-21(14(24)15(17,18)19)11-5-6-12(13(22)23)20-7-11/h1-7H,8H2,(H,22,23). The largest absolute Gasteiger partial charge is 0.477 e. The molecule has 0 bridgehead atoms. The van der Waals surface area contributed by atoms with Crippen LogP contribution in [0.15, 0.2) is 42.6 Å². The van der Waals surface area contributed by atoms with Gasteiger partial charge in [-0.25, -0.2) is 14.2 Å². The first-order chi connectivity index (χ1) is 11.2. The van der Waals surface area contributed by atoms with Gasteiger partial charge in [-0.1, -0.05) is 12.1 Å². The van der Waals surface area contributed by atoms with Crippen molar-refractivity contribution < 1.29 is 32.3 Å². The molecular formula is C15H10F4N2O3. The zero-order chi connectivity index (χ0) is 17.9. The molecule has 0 spiro atoms. The van der Waals surface area contributed by atoms with E-state index in [1.54, 1.807) is 0 Å². The van der Waals surface area contributed by atoms with E-state index in [2.05, 4.69) is 4.98 Å². The maximum Gasteiger partial charge on any atom is 0.471 e. The molecule has 0 aliphatic rings. The van der Waals surface area contributed by atoms with Gasteiger partial charge >= 0.3 is 18.1 Å². The second kappa shape index (κ2) is 6.65. The normalized spacial score (nSPS) is 11.2. The van der Waals surface area contributed by atoms with Crippen molar-refractivity contribution in [2.75, 3.05) is 4.90 Å². The summed E-state index contributed by atoms with van der Waals surface area (Å²) in [5.74, 6) is -4.06. The molecule has 2 aromatic rings. The molecule has 0 atom stereocenters. The molecule has 1 heterocycles. The Morgan fingerprint density at radius 2 is 1.71 bits per heavy atom. The predicted molar refractivity (Wildman–Crippen MR) is 74.8 cm³/mol. The van der Waals surface area contributed by atoms with Crippen LogP contribution in [0.5, 0.6) is 0 Å². The minimum absolute atomic E-state index is 0.230. The fourth-order valence-corrected chi connectivity index (χ4v) is 1.88. The number of aromatic nitrogens is 1. The summed E-state index contributed by atoms with van der Waals surface area (Å²) in [6, 6.07) is 6.62. The molecule has 24 heavy (non-hydrogen) atoms. The molecule has 1 aromatic heterocycles. The lowest BCUT2D eigenvalue weighted by Crippen LogP contribution is -2.41. The first kappa shape index (κ1) is 17.4. The highest BCUT2D eigenvalue weighted by molar-refractivity contribution is 5.97. The Kier molecular flexibility index (Phi) is 4.82. The smallest absolute Gasteiger partial charge is 0.471 e. The number of amides is 1. The van der Waals surface area contributed by atoms with Crippen LogP contribution in [-0.4, -0.2) is 28.1 Å². The van der Waals surface area contributed by atoms with E-state index >= 15 is 0 Å². The molecule has 0 aliphatic carbocycles. The van der Waals surface area contributed by atoms with Gasteiger partial charge in [-0.2, -0.15) is 13.2 Å². The SMILES string of the molecule is O=C(O)c1ccc(N(Cc2ccc(F)cc2)C(=O)C(F)(F)F)cn1. The Morgan fingerprint density at radius 3 is 2.17 bits per heavy atom. The maximum atomic E-state index is 12.9. The van der Waals surface area contributed by atoms with Gasteiger partial charge in [0, 0.05) is 0 Å². The minimum Gasteiger partial charge on any atom is -0.477 e. The van der Waals surface area contributed by atoms with E-state index < -0.39 is 30.4 Å². The van der Waals surface area contributed by atoms with Crippen molar-refractivity contribution in [2.24, 2.45) is 0 Å². The third-order valence-electron chi connectivity index (χ3n) is 3.02. The highest BCUT2D eigenvalue weighted by atomic mass is 19.4. The van der Waals surface area contributed by atoms with E-state index in [4.69, 9.17) is 5.11 Å². The molecule has 0 radical (unpaired) electrons. The van der Waals surface area contributed by atoms with Gasteiger partial charge in [0.15, 0.2) is 0 Å². The molecule has 126 valence electrons. The van der Waals surface area contributed by atoms with Gasteiger partial charge in [0.05, 0.1) is 18.4 Å². The van der Waals surface area contributed by atoms with Crippen LogP contribution in [0.2, 0.25) is 0 Å². The van der Waals surface area contributed by atoms with Crippen LogP contribution >= 0.6 is 0 Å². The number of carbonyl (C=O) groups is 2. The molecule has 0 saturated carbocycles. The van der Waals surface area contributed by atoms with Crippen LogP contribution in [0.1, 0.15) is 16.1 Å². The highest BCUT2D eigenvalue weighted by Crippen LogP contribution is 2.25. The van der Waals surface area contributed by atoms with E-state index in [1.807, 2.05) is 0 Å². The van der Waals surface area contributed by atoms with Crippen molar-refractivity contribution in [3.05, 3.63) is 59.7 Å². The van der Waals surface area contributed by atoms with Crippen molar-refractivity contribution in [3.8, 4) is 0 Å². The number of halogens is 4. The van der Waals surface area contributed by atoms with Crippen LogP contribution in [0.4, 0.5) is 23.2 Å². The monoisotopic (exact) mass is 342 g/mol. The molecule has 0 aliphatic heterocycles. The number of carboxylic acids is 1. The van der Waals surface area contributed by atoms with Crippen LogP contribution in [-0.2, 0) is 11.3 Å². The van der Waals surface area contributed by atoms with Crippen molar-refractivity contribution in [3.63, 3.8) is 0 Å². The average molecular weight is 342 g/mol. The Labute approximate surface area is 133 Å². The molecule has 0 fully saturated rings. The lowest BCUT2D eigenvalue weighted by Gasteiger charge is -2.23. The van der Waals surface area contributed by atoms with Crippen LogP contribution in [0.25, 0.3) is 0 Å². The Balaban J connectivity index is 2.37. The number of rotatable bonds is 4.